The second-order valence-electron chi connectivity index (χ2n) is 17.1. The molecule has 0 bridgehead atoms. The van der Waals surface area contributed by atoms with Gasteiger partial charge in [0.2, 0.25) is 0 Å². The average Bonchev–Trinajstić information content (AvgIpc) is 3.95. The van der Waals surface area contributed by atoms with E-state index in [9.17, 15) is 0 Å². The zero-order valence-electron chi connectivity index (χ0n) is 36.7. The summed E-state index contributed by atoms with van der Waals surface area (Å²) in [4.78, 5) is 21.0. The fraction of sp³-hybridized carbons (Fsp3) is 0. The Morgan fingerprint density at radius 1 is 0.309 bits per heavy atom. The molecular formula is C62H39N5S. The maximum atomic E-state index is 5.41. The first-order valence-corrected chi connectivity index (χ1v) is 23.6. The number of aromatic nitrogens is 5. The van der Waals surface area contributed by atoms with Crippen molar-refractivity contribution in [1.82, 2.24) is 24.5 Å². The zero-order chi connectivity index (χ0) is 45.0. The third-order valence-corrected chi connectivity index (χ3v) is 14.0. The Bertz CT molecular complexity index is 3880. The van der Waals surface area contributed by atoms with Gasteiger partial charge in [-0.2, -0.15) is 0 Å². The lowest BCUT2D eigenvalue weighted by atomic mass is 9.92. The molecule has 5 nitrogen and oxygen atoms in total. The van der Waals surface area contributed by atoms with Crippen molar-refractivity contribution >= 4 is 53.3 Å². The van der Waals surface area contributed by atoms with Gasteiger partial charge in [0.1, 0.15) is 0 Å². The van der Waals surface area contributed by atoms with Crippen molar-refractivity contribution in [2.75, 3.05) is 0 Å². The van der Waals surface area contributed by atoms with Gasteiger partial charge in [-0.25, -0.2) is 15.0 Å². The predicted octanol–water partition coefficient (Wildman–Crippen LogP) is 16.4. The third kappa shape index (κ3) is 7.03. The van der Waals surface area contributed by atoms with Crippen LogP contribution >= 0.6 is 11.3 Å². The van der Waals surface area contributed by atoms with Gasteiger partial charge in [0.25, 0.3) is 0 Å². The number of para-hydroxylation sites is 2. The molecule has 0 saturated heterocycles. The van der Waals surface area contributed by atoms with Gasteiger partial charge >= 0.3 is 0 Å². The van der Waals surface area contributed by atoms with Gasteiger partial charge in [-0.05, 0) is 94.5 Å². The Morgan fingerprint density at radius 3 is 1.44 bits per heavy atom. The molecule has 0 aliphatic heterocycles. The van der Waals surface area contributed by atoms with Crippen molar-refractivity contribution in [2.24, 2.45) is 0 Å². The van der Waals surface area contributed by atoms with Crippen LogP contribution < -0.4 is 0 Å². The number of pyridine rings is 1. The van der Waals surface area contributed by atoms with E-state index >= 15 is 0 Å². The van der Waals surface area contributed by atoms with Gasteiger partial charge in [0.15, 0.2) is 17.5 Å². The molecule has 318 valence electrons. The summed E-state index contributed by atoms with van der Waals surface area (Å²) in [5.41, 5.74) is 14.5. The number of hydrogen-bond acceptors (Lipinski definition) is 5. The van der Waals surface area contributed by atoms with E-state index in [0.717, 1.165) is 67.0 Å². The molecule has 0 amide bonds. The monoisotopic (exact) mass is 885 g/mol. The lowest BCUT2D eigenvalue weighted by Crippen LogP contribution is -2.02. The quantitative estimate of drug-likeness (QED) is 0.153. The lowest BCUT2D eigenvalue weighted by molar-refractivity contribution is 1.07. The summed E-state index contributed by atoms with van der Waals surface area (Å²) >= 11 is 1.83. The topological polar surface area (TPSA) is 56.5 Å². The first-order chi connectivity index (χ1) is 33.7. The van der Waals surface area contributed by atoms with E-state index in [2.05, 4.69) is 174 Å². The molecule has 0 saturated carbocycles. The van der Waals surface area contributed by atoms with Gasteiger partial charge in [0, 0.05) is 70.6 Å². The summed E-state index contributed by atoms with van der Waals surface area (Å²) in [6.45, 7) is 0. The Labute approximate surface area is 397 Å². The molecule has 4 aromatic heterocycles. The summed E-state index contributed by atoms with van der Waals surface area (Å²) in [5, 5.41) is 4.86. The maximum absolute atomic E-state index is 5.41. The van der Waals surface area contributed by atoms with E-state index in [1.54, 1.807) is 0 Å². The van der Waals surface area contributed by atoms with E-state index in [-0.39, 0.29) is 0 Å². The zero-order valence-corrected chi connectivity index (χ0v) is 37.5. The van der Waals surface area contributed by atoms with Gasteiger partial charge in [0.05, 0.1) is 16.7 Å². The highest BCUT2D eigenvalue weighted by atomic mass is 32.1. The molecule has 0 N–H and O–H groups in total. The fourth-order valence-electron chi connectivity index (χ4n) is 9.58. The second-order valence-corrected chi connectivity index (χ2v) is 18.1. The van der Waals surface area contributed by atoms with E-state index in [0.29, 0.717) is 17.5 Å². The minimum atomic E-state index is 0.551. The average molecular weight is 886 g/mol. The third-order valence-electron chi connectivity index (χ3n) is 12.9. The largest absolute Gasteiger partial charge is 0.309 e. The van der Waals surface area contributed by atoms with Crippen LogP contribution in [0, 0.1) is 0 Å². The molecule has 4 heterocycles. The predicted molar refractivity (Wildman–Crippen MR) is 283 cm³/mol. The Hall–Kier alpha value is -8.84. The van der Waals surface area contributed by atoms with Crippen molar-refractivity contribution in [3.8, 4) is 84.5 Å². The van der Waals surface area contributed by atoms with Crippen molar-refractivity contribution < 1.29 is 0 Å². The highest BCUT2D eigenvalue weighted by molar-refractivity contribution is 7.25. The first kappa shape index (κ1) is 39.5. The van der Waals surface area contributed by atoms with Crippen LogP contribution in [-0.4, -0.2) is 24.5 Å². The molecule has 9 aromatic carbocycles. The van der Waals surface area contributed by atoms with Gasteiger partial charge < -0.3 is 4.57 Å². The molecule has 0 spiro atoms. The van der Waals surface area contributed by atoms with Gasteiger partial charge in [-0.3, -0.25) is 4.98 Å². The molecule has 13 aromatic rings. The van der Waals surface area contributed by atoms with Crippen LogP contribution in [0.15, 0.2) is 237 Å². The number of benzene rings is 9. The van der Waals surface area contributed by atoms with E-state index in [1.165, 1.54) is 42.0 Å². The summed E-state index contributed by atoms with van der Waals surface area (Å²) < 4.78 is 4.84. The van der Waals surface area contributed by atoms with Crippen LogP contribution in [0.25, 0.3) is 126 Å². The molecule has 0 aliphatic carbocycles. The van der Waals surface area contributed by atoms with Crippen molar-refractivity contribution in [3.05, 3.63) is 237 Å². The number of nitrogens with zero attached hydrogens (tertiary/aromatic N) is 5. The fourth-order valence-corrected chi connectivity index (χ4v) is 10.7. The summed E-state index contributed by atoms with van der Waals surface area (Å²) in [6.07, 6.45) is 2.01. The second kappa shape index (κ2) is 16.5. The number of thiophene rings is 1. The maximum Gasteiger partial charge on any atom is 0.166 e. The SMILES string of the molecule is c1ccc(-c2cc(-c3ccccc3)cc(-c3cnc(-c4ccc5sc6cc7c(cc6c5c4)c4ccccc4n7-c4ccccc4)c(-c4nc(-c5ccccc5)nc(-c5ccccc5)n4)c3)c2)cc1. The highest BCUT2D eigenvalue weighted by Gasteiger charge is 2.21. The van der Waals surface area contributed by atoms with E-state index in [1.807, 2.05) is 78.2 Å². The highest BCUT2D eigenvalue weighted by Crippen LogP contribution is 2.43. The minimum Gasteiger partial charge on any atom is -0.309 e. The number of rotatable bonds is 8. The molecule has 13 rings (SSSR count). The Kier molecular flexibility index (Phi) is 9.62. The summed E-state index contributed by atoms with van der Waals surface area (Å²) in [5.74, 6) is 1.75. The summed E-state index contributed by atoms with van der Waals surface area (Å²) in [6, 6.07) is 81.3. The van der Waals surface area contributed by atoms with E-state index < -0.39 is 0 Å². The molecule has 0 unspecified atom stereocenters. The molecule has 68 heavy (non-hydrogen) atoms. The molecule has 6 heteroatoms. The first-order valence-electron chi connectivity index (χ1n) is 22.8. The van der Waals surface area contributed by atoms with E-state index in [4.69, 9.17) is 19.9 Å². The lowest BCUT2D eigenvalue weighted by Gasteiger charge is -2.15. The standard InChI is InChI=1S/C62H39N5S/c1-6-18-40(19-7-1)45-32-46(41-20-8-2-9-21-41)34-47(33-45)48-36-54(62-65-60(42-22-10-3-11-23-42)64-61(66-62)43-24-12-4-13-25-43)59(63-39-48)44-30-31-57-52(35-44)53-37-51-50-28-16-17-29-55(50)67(49-26-14-5-15-27-49)56(51)38-58(53)68-57/h1-39H. The van der Waals surface area contributed by atoms with Gasteiger partial charge in [-0.1, -0.05) is 164 Å². The van der Waals surface area contributed by atoms with Crippen LogP contribution in [0.5, 0.6) is 0 Å². The number of hydrogen-bond donors (Lipinski definition) is 0. The molecular weight excluding hydrogens is 847 g/mol. The summed E-state index contributed by atoms with van der Waals surface area (Å²) in [7, 11) is 0. The van der Waals surface area contributed by atoms with Crippen molar-refractivity contribution in [2.45, 2.75) is 0 Å². The Balaban J connectivity index is 1.04. The minimum absolute atomic E-state index is 0.551. The molecule has 0 radical (unpaired) electrons. The molecule has 0 atom stereocenters. The molecule has 0 aliphatic rings. The van der Waals surface area contributed by atoms with Crippen LogP contribution in [0.3, 0.4) is 0 Å². The van der Waals surface area contributed by atoms with Crippen LogP contribution in [0.1, 0.15) is 0 Å². The van der Waals surface area contributed by atoms with Gasteiger partial charge in [-0.15, -0.1) is 11.3 Å². The van der Waals surface area contributed by atoms with Crippen LogP contribution in [0.2, 0.25) is 0 Å². The van der Waals surface area contributed by atoms with Crippen molar-refractivity contribution in [3.63, 3.8) is 0 Å². The van der Waals surface area contributed by atoms with Crippen molar-refractivity contribution in [1.29, 1.82) is 0 Å². The number of fused-ring (bicyclic) bond motifs is 6. The molecule has 0 fully saturated rings. The normalized spacial score (nSPS) is 11.5. The van der Waals surface area contributed by atoms with Crippen LogP contribution in [0.4, 0.5) is 0 Å². The van der Waals surface area contributed by atoms with Crippen LogP contribution in [-0.2, 0) is 0 Å². The Morgan fingerprint density at radius 2 is 0.824 bits per heavy atom. The smallest absolute Gasteiger partial charge is 0.166 e.